The molecule has 0 bridgehead atoms. The van der Waals surface area contributed by atoms with Gasteiger partial charge in [-0.1, -0.05) is 29.8 Å². The van der Waals surface area contributed by atoms with Crippen molar-refractivity contribution in [3.05, 3.63) is 59.1 Å². The fourth-order valence-corrected chi connectivity index (χ4v) is 2.76. The Balaban J connectivity index is 2.14. The zero-order valence-electron chi connectivity index (χ0n) is 9.10. The molecule has 0 aliphatic rings. The highest BCUT2D eigenvalue weighted by molar-refractivity contribution is 7.84. The molecule has 2 nitrogen and oxygen atoms in total. The van der Waals surface area contributed by atoms with Crippen LogP contribution in [0.15, 0.2) is 53.4 Å². The van der Waals surface area contributed by atoms with Crippen molar-refractivity contribution in [2.24, 2.45) is 0 Å². The summed E-state index contributed by atoms with van der Waals surface area (Å²) in [5.74, 6) is 0.473. The van der Waals surface area contributed by atoms with Crippen LogP contribution < -0.4 is 5.73 Å². The summed E-state index contributed by atoms with van der Waals surface area (Å²) in [4.78, 5) is 0.750. The fourth-order valence-electron chi connectivity index (χ4n) is 1.47. The number of anilines is 1. The SMILES string of the molecule is Nc1cccc(S(=O)Cc2ccc(Cl)cc2)c1. The van der Waals surface area contributed by atoms with Crippen LogP contribution in [0, 0.1) is 0 Å². The lowest BCUT2D eigenvalue weighted by molar-refractivity contribution is 0.682. The molecule has 0 radical (unpaired) electrons. The van der Waals surface area contributed by atoms with Crippen molar-refractivity contribution in [2.75, 3.05) is 5.73 Å². The van der Waals surface area contributed by atoms with Gasteiger partial charge in [-0.05, 0) is 35.9 Å². The molecule has 1 unspecified atom stereocenters. The van der Waals surface area contributed by atoms with Gasteiger partial charge < -0.3 is 5.73 Å². The molecule has 0 aliphatic heterocycles. The molecule has 4 heteroatoms. The molecular weight excluding hydrogens is 254 g/mol. The van der Waals surface area contributed by atoms with Gasteiger partial charge in [0.2, 0.25) is 0 Å². The zero-order chi connectivity index (χ0) is 12.3. The van der Waals surface area contributed by atoms with E-state index in [1.165, 1.54) is 0 Å². The Kier molecular flexibility index (Phi) is 3.82. The van der Waals surface area contributed by atoms with Crippen molar-refractivity contribution in [3.8, 4) is 0 Å². The van der Waals surface area contributed by atoms with Crippen molar-refractivity contribution >= 4 is 28.1 Å². The van der Waals surface area contributed by atoms with Crippen LogP contribution in [0.25, 0.3) is 0 Å². The molecular formula is C13H12ClNOS. The predicted molar refractivity (Wildman–Crippen MR) is 72.4 cm³/mol. The van der Waals surface area contributed by atoms with Gasteiger partial charge in [0.1, 0.15) is 0 Å². The summed E-state index contributed by atoms with van der Waals surface area (Å²) in [6, 6.07) is 14.5. The Morgan fingerprint density at radius 2 is 1.82 bits per heavy atom. The lowest BCUT2D eigenvalue weighted by Gasteiger charge is -2.03. The third-order valence-electron chi connectivity index (χ3n) is 2.33. The number of halogens is 1. The quantitative estimate of drug-likeness (QED) is 0.866. The summed E-state index contributed by atoms with van der Waals surface area (Å²) in [5.41, 5.74) is 7.28. The number of hydrogen-bond donors (Lipinski definition) is 1. The van der Waals surface area contributed by atoms with Crippen LogP contribution in [0.2, 0.25) is 5.02 Å². The second kappa shape index (κ2) is 5.34. The lowest BCUT2D eigenvalue weighted by atomic mass is 10.2. The van der Waals surface area contributed by atoms with Gasteiger partial charge in [0.05, 0.1) is 16.6 Å². The Morgan fingerprint density at radius 1 is 1.12 bits per heavy atom. The molecule has 2 rings (SSSR count). The number of hydrogen-bond acceptors (Lipinski definition) is 2. The van der Waals surface area contributed by atoms with E-state index in [1.807, 2.05) is 24.3 Å². The summed E-state index contributed by atoms with van der Waals surface area (Å²) < 4.78 is 12.1. The van der Waals surface area contributed by atoms with Gasteiger partial charge in [0, 0.05) is 15.6 Å². The number of rotatable bonds is 3. The molecule has 0 heterocycles. The van der Waals surface area contributed by atoms with E-state index < -0.39 is 10.8 Å². The third kappa shape index (κ3) is 3.32. The Morgan fingerprint density at radius 3 is 2.47 bits per heavy atom. The van der Waals surface area contributed by atoms with E-state index in [9.17, 15) is 4.21 Å². The smallest absolute Gasteiger partial charge is 0.0574 e. The Labute approximate surface area is 108 Å². The van der Waals surface area contributed by atoms with Crippen LogP contribution in [0.3, 0.4) is 0 Å². The minimum absolute atomic E-state index is 0.473. The maximum atomic E-state index is 12.1. The van der Waals surface area contributed by atoms with E-state index in [4.69, 9.17) is 17.3 Å². The van der Waals surface area contributed by atoms with Gasteiger partial charge in [-0.15, -0.1) is 0 Å². The second-order valence-electron chi connectivity index (χ2n) is 3.69. The molecule has 0 fully saturated rings. The van der Waals surface area contributed by atoms with Gasteiger partial charge in [0.15, 0.2) is 0 Å². The topological polar surface area (TPSA) is 43.1 Å². The third-order valence-corrected chi connectivity index (χ3v) is 3.96. The van der Waals surface area contributed by atoms with Crippen LogP contribution in [-0.4, -0.2) is 4.21 Å². The van der Waals surface area contributed by atoms with E-state index in [-0.39, 0.29) is 0 Å². The molecule has 0 amide bonds. The van der Waals surface area contributed by atoms with Gasteiger partial charge in [0.25, 0.3) is 0 Å². The first-order chi connectivity index (χ1) is 8.15. The first-order valence-electron chi connectivity index (χ1n) is 5.13. The molecule has 0 aromatic heterocycles. The summed E-state index contributed by atoms with van der Waals surface area (Å²) in [6.45, 7) is 0. The van der Waals surface area contributed by atoms with E-state index in [2.05, 4.69) is 0 Å². The predicted octanol–water partition coefficient (Wildman–Crippen LogP) is 3.23. The van der Waals surface area contributed by atoms with Crippen molar-refractivity contribution in [1.82, 2.24) is 0 Å². The molecule has 17 heavy (non-hydrogen) atoms. The molecule has 0 aliphatic carbocycles. The lowest BCUT2D eigenvalue weighted by Crippen LogP contribution is -1.97. The second-order valence-corrected chi connectivity index (χ2v) is 5.58. The van der Waals surface area contributed by atoms with Crippen LogP contribution >= 0.6 is 11.6 Å². The van der Waals surface area contributed by atoms with Crippen molar-refractivity contribution in [1.29, 1.82) is 0 Å². The number of nitrogens with two attached hydrogens (primary N) is 1. The van der Waals surface area contributed by atoms with Crippen LogP contribution in [0.5, 0.6) is 0 Å². The fraction of sp³-hybridized carbons (Fsp3) is 0.0769. The summed E-state index contributed by atoms with van der Waals surface area (Å²) in [7, 11) is -1.07. The van der Waals surface area contributed by atoms with E-state index in [1.54, 1.807) is 24.3 Å². The standard InChI is InChI=1S/C13H12ClNOS/c14-11-6-4-10(5-7-11)9-17(16)13-3-1-2-12(15)8-13/h1-8H,9,15H2. The summed E-state index contributed by atoms with van der Waals surface area (Å²) in [5, 5.41) is 0.684. The van der Waals surface area contributed by atoms with Crippen LogP contribution in [0.4, 0.5) is 5.69 Å². The zero-order valence-corrected chi connectivity index (χ0v) is 10.7. The highest BCUT2D eigenvalue weighted by Gasteiger charge is 2.05. The molecule has 0 spiro atoms. The minimum atomic E-state index is -1.07. The monoisotopic (exact) mass is 265 g/mol. The molecule has 0 saturated heterocycles. The minimum Gasteiger partial charge on any atom is -0.399 e. The highest BCUT2D eigenvalue weighted by Crippen LogP contribution is 2.16. The Hall–Kier alpha value is -1.32. The van der Waals surface area contributed by atoms with Crippen molar-refractivity contribution in [3.63, 3.8) is 0 Å². The molecule has 0 saturated carbocycles. The van der Waals surface area contributed by atoms with Gasteiger partial charge in [-0.25, -0.2) is 0 Å². The molecule has 88 valence electrons. The molecule has 2 N–H and O–H groups in total. The van der Waals surface area contributed by atoms with E-state index >= 15 is 0 Å². The van der Waals surface area contributed by atoms with Crippen LogP contribution in [0.1, 0.15) is 5.56 Å². The van der Waals surface area contributed by atoms with Crippen LogP contribution in [-0.2, 0) is 16.6 Å². The summed E-state index contributed by atoms with van der Waals surface area (Å²) in [6.07, 6.45) is 0. The maximum Gasteiger partial charge on any atom is 0.0574 e. The number of benzene rings is 2. The van der Waals surface area contributed by atoms with Gasteiger partial charge in [-0.3, -0.25) is 4.21 Å². The summed E-state index contributed by atoms with van der Waals surface area (Å²) >= 11 is 5.79. The van der Waals surface area contributed by atoms with E-state index in [0.717, 1.165) is 10.5 Å². The molecule has 1 atom stereocenters. The van der Waals surface area contributed by atoms with E-state index in [0.29, 0.717) is 16.5 Å². The van der Waals surface area contributed by atoms with Crippen molar-refractivity contribution in [2.45, 2.75) is 10.6 Å². The number of nitrogen functional groups attached to an aromatic ring is 1. The van der Waals surface area contributed by atoms with Crippen molar-refractivity contribution < 1.29 is 4.21 Å². The molecule has 2 aromatic carbocycles. The highest BCUT2D eigenvalue weighted by atomic mass is 35.5. The Bertz CT molecular complexity index is 539. The normalized spacial score (nSPS) is 12.3. The largest absolute Gasteiger partial charge is 0.399 e. The molecule has 2 aromatic rings. The van der Waals surface area contributed by atoms with Gasteiger partial charge in [-0.2, -0.15) is 0 Å². The average molecular weight is 266 g/mol. The first-order valence-corrected chi connectivity index (χ1v) is 6.83. The average Bonchev–Trinajstić information content (AvgIpc) is 2.32. The first kappa shape index (κ1) is 12.1. The van der Waals surface area contributed by atoms with Gasteiger partial charge >= 0.3 is 0 Å². The maximum absolute atomic E-state index is 12.1.